The third-order valence-corrected chi connectivity index (χ3v) is 6.52. The fourth-order valence-electron chi connectivity index (χ4n) is 3.28. The van der Waals surface area contributed by atoms with Crippen molar-refractivity contribution in [2.75, 3.05) is 24.4 Å². The third kappa shape index (κ3) is 5.50. The fraction of sp³-hybridized carbons (Fsp3) is 0.381. The summed E-state index contributed by atoms with van der Waals surface area (Å²) in [5.74, 6) is -0.749. The molecule has 0 spiro atoms. The minimum absolute atomic E-state index is 0.00593. The maximum Gasteiger partial charge on any atom is 0.261 e. The minimum Gasteiger partial charge on any atom is -0.376 e. The van der Waals surface area contributed by atoms with Crippen LogP contribution in [0.25, 0.3) is 0 Å². The van der Waals surface area contributed by atoms with Gasteiger partial charge in [0.05, 0.1) is 21.7 Å². The molecule has 1 aliphatic heterocycles. The van der Waals surface area contributed by atoms with E-state index in [1.54, 1.807) is 11.0 Å². The maximum absolute atomic E-state index is 13.1. The van der Waals surface area contributed by atoms with E-state index in [0.717, 1.165) is 43.5 Å². The molecule has 1 saturated heterocycles. The van der Waals surface area contributed by atoms with Gasteiger partial charge in [-0.15, -0.1) is 0 Å². The Labute approximate surface area is 181 Å². The maximum atomic E-state index is 13.1. The summed E-state index contributed by atoms with van der Waals surface area (Å²) in [7, 11) is -3.98. The normalized spacial score (nSPS) is 17.0. The summed E-state index contributed by atoms with van der Waals surface area (Å²) in [5, 5.41) is 0.153. The van der Waals surface area contributed by atoms with Crippen molar-refractivity contribution >= 4 is 33.2 Å². The molecule has 1 heterocycles. The van der Waals surface area contributed by atoms with Crippen LogP contribution < -0.4 is 4.72 Å². The second-order valence-electron chi connectivity index (χ2n) is 7.14. The van der Waals surface area contributed by atoms with Gasteiger partial charge in [-0.1, -0.05) is 18.5 Å². The lowest BCUT2D eigenvalue weighted by molar-refractivity contribution is 0.00211. The lowest BCUT2D eigenvalue weighted by Gasteiger charge is -2.32. The van der Waals surface area contributed by atoms with Crippen molar-refractivity contribution < 1.29 is 22.3 Å². The Morgan fingerprint density at radius 1 is 1.27 bits per heavy atom. The highest BCUT2D eigenvalue weighted by Gasteiger charge is 2.26. The van der Waals surface area contributed by atoms with E-state index < -0.39 is 15.8 Å². The summed E-state index contributed by atoms with van der Waals surface area (Å²) in [5.41, 5.74) is 0.412. The number of halogens is 2. The molecule has 3 rings (SSSR count). The molecule has 1 atom stereocenters. The monoisotopic (exact) mass is 454 g/mol. The molecule has 0 aromatic heterocycles. The average Bonchev–Trinajstić information content (AvgIpc) is 2.73. The topological polar surface area (TPSA) is 75.7 Å². The highest BCUT2D eigenvalue weighted by molar-refractivity contribution is 7.92. The van der Waals surface area contributed by atoms with Crippen LogP contribution in [0.2, 0.25) is 5.02 Å². The third-order valence-electron chi connectivity index (χ3n) is 4.80. The van der Waals surface area contributed by atoms with Crippen molar-refractivity contribution in [3.8, 4) is 0 Å². The molecule has 1 unspecified atom stereocenters. The summed E-state index contributed by atoms with van der Waals surface area (Å²) in [6.07, 6.45) is 2.68. The zero-order chi connectivity index (χ0) is 21.7. The molecule has 162 valence electrons. The predicted molar refractivity (Wildman–Crippen MR) is 114 cm³/mol. The largest absolute Gasteiger partial charge is 0.376 e. The van der Waals surface area contributed by atoms with Crippen LogP contribution in [0.1, 0.15) is 36.5 Å². The summed E-state index contributed by atoms with van der Waals surface area (Å²) in [4.78, 5) is 14.6. The van der Waals surface area contributed by atoms with Gasteiger partial charge in [-0.3, -0.25) is 9.52 Å². The molecular weight excluding hydrogens is 431 g/mol. The van der Waals surface area contributed by atoms with Crippen molar-refractivity contribution in [2.45, 2.75) is 37.2 Å². The van der Waals surface area contributed by atoms with Crippen LogP contribution in [-0.2, 0) is 14.8 Å². The number of nitrogens with zero attached hydrogens (tertiary/aromatic N) is 1. The smallest absolute Gasteiger partial charge is 0.261 e. The van der Waals surface area contributed by atoms with Crippen LogP contribution in [0.5, 0.6) is 0 Å². The fourth-order valence-corrected chi connectivity index (χ4v) is 4.57. The molecule has 0 radical (unpaired) electrons. The second-order valence-corrected chi connectivity index (χ2v) is 9.23. The van der Waals surface area contributed by atoms with Crippen molar-refractivity contribution in [3.05, 3.63) is 58.9 Å². The number of carbonyl (C=O) groups excluding carboxylic acids is 1. The van der Waals surface area contributed by atoms with Crippen molar-refractivity contribution in [1.29, 1.82) is 0 Å². The zero-order valence-electron chi connectivity index (χ0n) is 16.6. The van der Waals surface area contributed by atoms with Crippen LogP contribution in [0.15, 0.2) is 47.4 Å². The van der Waals surface area contributed by atoms with E-state index in [4.69, 9.17) is 16.3 Å². The lowest BCUT2D eigenvalue weighted by Crippen LogP contribution is -2.43. The second kappa shape index (κ2) is 9.76. The van der Waals surface area contributed by atoms with Gasteiger partial charge in [-0.05, 0) is 61.7 Å². The number of ether oxygens (including phenoxy) is 1. The van der Waals surface area contributed by atoms with Gasteiger partial charge < -0.3 is 9.64 Å². The highest BCUT2D eigenvalue weighted by atomic mass is 35.5. The number of anilines is 1. The van der Waals surface area contributed by atoms with E-state index in [-0.39, 0.29) is 27.6 Å². The predicted octanol–water partition coefficient (Wildman–Crippen LogP) is 4.31. The van der Waals surface area contributed by atoms with Gasteiger partial charge in [-0.2, -0.15) is 0 Å². The molecule has 6 nitrogen and oxygen atoms in total. The molecule has 0 saturated carbocycles. The van der Waals surface area contributed by atoms with Crippen LogP contribution in [-0.4, -0.2) is 45.0 Å². The summed E-state index contributed by atoms with van der Waals surface area (Å²) in [6, 6.07) is 8.90. The van der Waals surface area contributed by atoms with E-state index in [1.165, 1.54) is 12.1 Å². The molecule has 1 aliphatic rings. The number of likely N-dealkylation sites (tertiary alicyclic amines) is 1. The van der Waals surface area contributed by atoms with Gasteiger partial charge in [-0.25, -0.2) is 12.8 Å². The van der Waals surface area contributed by atoms with E-state index in [9.17, 15) is 17.6 Å². The molecule has 2 aromatic rings. The molecule has 1 fully saturated rings. The molecule has 0 bridgehead atoms. The molecule has 1 amide bonds. The lowest BCUT2D eigenvalue weighted by atomic mass is 10.1. The molecular formula is C21H24ClFN2O4S. The van der Waals surface area contributed by atoms with Gasteiger partial charge in [0.25, 0.3) is 15.9 Å². The molecule has 1 N–H and O–H groups in total. The summed E-state index contributed by atoms with van der Waals surface area (Å²) in [6.45, 7) is 3.80. The zero-order valence-corrected chi connectivity index (χ0v) is 18.2. The number of hydrogen-bond acceptors (Lipinski definition) is 4. The minimum atomic E-state index is -3.98. The van der Waals surface area contributed by atoms with E-state index in [1.807, 2.05) is 6.92 Å². The first-order valence-electron chi connectivity index (χ1n) is 9.79. The van der Waals surface area contributed by atoms with Crippen molar-refractivity contribution in [2.24, 2.45) is 0 Å². The van der Waals surface area contributed by atoms with Crippen LogP contribution in [0.3, 0.4) is 0 Å². The standard InChI is InChI=1S/C21H24ClFN2O4S/c1-2-12-29-17-4-3-11-25(14-17)21(26)15-5-10-19(22)20(13-15)24-30(27,28)18-8-6-16(23)7-9-18/h5-10,13,17,24H,2-4,11-12,14H2,1H3. The van der Waals surface area contributed by atoms with Crippen molar-refractivity contribution in [3.63, 3.8) is 0 Å². The number of piperidine rings is 1. The summed E-state index contributed by atoms with van der Waals surface area (Å²) < 4.78 is 46.4. The SMILES string of the molecule is CCCOC1CCCN(C(=O)c2ccc(Cl)c(NS(=O)(=O)c3ccc(F)cc3)c2)C1. The van der Waals surface area contributed by atoms with Crippen molar-refractivity contribution in [1.82, 2.24) is 4.90 Å². The Kier molecular flexibility index (Phi) is 7.33. The first-order valence-corrected chi connectivity index (χ1v) is 11.6. The van der Waals surface area contributed by atoms with Gasteiger partial charge in [0.2, 0.25) is 0 Å². The number of nitrogens with one attached hydrogen (secondary N) is 1. The van der Waals surface area contributed by atoms with Crippen LogP contribution in [0, 0.1) is 5.82 Å². The highest BCUT2D eigenvalue weighted by Crippen LogP contribution is 2.27. The number of rotatable bonds is 7. The number of carbonyl (C=O) groups is 1. The molecule has 0 aliphatic carbocycles. The Balaban J connectivity index is 1.77. The van der Waals surface area contributed by atoms with Gasteiger partial charge >= 0.3 is 0 Å². The average molecular weight is 455 g/mol. The summed E-state index contributed by atoms with van der Waals surface area (Å²) >= 11 is 6.15. The number of hydrogen-bond donors (Lipinski definition) is 1. The van der Waals surface area contributed by atoms with E-state index in [0.29, 0.717) is 25.3 Å². The number of amides is 1. The molecule has 30 heavy (non-hydrogen) atoms. The first-order chi connectivity index (χ1) is 14.3. The quantitative estimate of drug-likeness (QED) is 0.676. The Bertz CT molecular complexity index is 999. The van der Waals surface area contributed by atoms with Gasteiger partial charge in [0, 0.05) is 25.3 Å². The first kappa shape index (κ1) is 22.5. The Morgan fingerprint density at radius 2 is 2.00 bits per heavy atom. The van der Waals surface area contributed by atoms with Crippen LogP contribution in [0.4, 0.5) is 10.1 Å². The number of benzene rings is 2. The van der Waals surface area contributed by atoms with Gasteiger partial charge in [0.15, 0.2) is 0 Å². The van der Waals surface area contributed by atoms with E-state index >= 15 is 0 Å². The molecule has 2 aromatic carbocycles. The molecule has 9 heteroatoms. The van der Waals surface area contributed by atoms with Gasteiger partial charge in [0.1, 0.15) is 5.82 Å². The Hall–Kier alpha value is -2.16. The van der Waals surface area contributed by atoms with Crippen LogP contribution >= 0.6 is 11.6 Å². The Morgan fingerprint density at radius 3 is 2.70 bits per heavy atom. The number of sulfonamides is 1. The van der Waals surface area contributed by atoms with E-state index in [2.05, 4.69) is 4.72 Å².